The summed E-state index contributed by atoms with van der Waals surface area (Å²) in [6.45, 7) is 2.11. The number of amides is 1. The second-order valence-electron chi connectivity index (χ2n) is 2.21. The maximum Gasteiger partial charge on any atom is 0.232 e. The number of nitrogens with zero attached hydrogens (tertiary/aromatic N) is 1. The van der Waals surface area contributed by atoms with Crippen LogP contribution in [0.3, 0.4) is 0 Å². The van der Waals surface area contributed by atoms with Crippen LogP contribution in [0, 0.1) is 7.05 Å². The van der Waals surface area contributed by atoms with Crippen LogP contribution in [0.1, 0.15) is 32.6 Å². The smallest absolute Gasteiger partial charge is 0.232 e. The molecule has 0 aliphatic carbocycles. The van der Waals surface area contributed by atoms with Crippen molar-refractivity contribution < 1.29 is 4.79 Å². The first kappa shape index (κ1) is 9.95. The van der Waals surface area contributed by atoms with E-state index in [9.17, 15) is 4.79 Å². The maximum atomic E-state index is 10.8. The number of unbranched alkanes of at least 4 members (excludes halogenated alkanes) is 2. The number of rotatable bonds is 4. The molecule has 0 bridgehead atoms. The van der Waals surface area contributed by atoms with E-state index in [1.807, 2.05) is 0 Å². The van der Waals surface area contributed by atoms with Crippen LogP contribution in [0.25, 0.3) is 0 Å². The molecule has 2 nitrogen and oxygen atoms in total. The van der Waals surface area contributed by atoms with E-state index < -0.39 is 0 Å². The molecule has 0 rings (SSSR count). The predicted octanol–water partition coefficient (Wildman–Crippen LogP) is 2.50. The lowest BCUT2D eigenvalue weighted by molar-refractivity contribution is -0.124. The predicted molar refractivity (Wildman–Crippen MR) is 45.3 cm³/mol. The van der Waals surface area contributed by atoms with E-state index in [-0.39, 0.29) is 5.91 Å². The minimum Gasteiger partial charge on any atom is -0.277 e. The number of carbonyl (C=O) groups excluding carboxylic acids is 1. The summed E-state index contributed by atoms with van der Waals surface area (Å²) in [5.41, 5.74) is 0. The molecule has 0 saturated heterocycles. The summed E-state index contributed by atoms with van der Waals surface area (Å²) in [6.07, 6.45) is 3.83. The number of hydrogen-bond donors (Lipinski definition) is 0. The molecular weight excluding hydrogens is 194 g/mol. The summed E-state index contributed by atoms with van der Waals surface area (Å²) in [6, 6.07) is 0. The fourth-order valence-electron chi connectivity index (χ4n) is 0.648. The Hall–Kier alpha value is -0.0500. The van der Waals surface area contributed by atoms with Gasteiger partial charge in [-0.05, 0) is 6.42 Å². The Morgan fingerprint density at radius 2 is 2.20 bits per heavy atom. The molecule has 0 saturated carbocycles. The Morgan fingerprint density at radius 1 is 1.60 bits per heavy atom. The SMILES string of the molecule is [CH2]N(Br)C(=O)CCCCC. The first-order valence-electron chi connectivity index (χ1n) is 3.47. The maximum absolute atomic E-state index is 10.8. The zero-order chi connectivity index (χ0) is 7.98. The Morgan fingerprint density at radius 3 is 2.60 bits per heavy atom. The van der Waals surface area contributed by atoms with Crippen molar-refractivity contribution in [3.63, 3.8) is 0 Å². The summed E-state index contributed by atoms with van der Waals surface area (Å²) < 4.78 is 1.21. The van der Waals surface area contributed by atoms with Gasteiger partial charge in [0.15, 0.2) is 0 Å². The topological polar surface area (TPSA) is 20.3 Å². The average Bonchev–Trinajstić information content (AvgIpc) is 1.88. The van der Waals surface area contributed by atoms with Gasteiger partial charge in [-0.15, -0.1) is 0 Å². The zero-order valence-electron chi connectivity index (χ0n) is 6.27. The quantitative estimate of drug-likeness (QED) is 0.512. The highest BCUT2D eigenvalue weighted by molar-refractivity contribution is 9.07. The summed E-state index contributed by atoms with van der Waals surface area (Å²) in [7, 11) is 3.42. The largest absolute Gasteiger partial charge is 0.277 e. The van der Waals surface area contributed by atoms with Gasteiger partial charge in [-0.2, -0.15) is 0 Å². The highest BCUT2D eigenvalue weighted by atomic mass is 79.9. The van der Waals surface area contributed by atoms with E-state index in [0.717, 1.165) is 19.3 Å². The minimum absolute atomic E-state index is 0.0495. The first-order chi connectivity index (χ1) is 4.68. The van der Waals surface area contributed by atoms with E-state index in [1.54, 1.807) is 0 Å². The lowest BCUT2D eigenvalue weighted by Gasteiger charge is -2.05. The molecule has 0 N–H and O–H groups in total. The van der Waals surface area contributed by atoms with Gasteiger partial charge in [0.05, 0.1) is 23.2 Å². The monoisotopic (exact) mass is 206 g/mol. The summed E-state index contributed by atoms with van der Waals surface area (Å²) in [4.78, 5) is 10.8. The summed E-state index contributed by atoms with van der Waals surface area (Å²) in [5, 5.41) is 0. The molecule has 3 heteroatoms. The molecule has 0 aromatic heterocycles. The molecule has 0 unspecified atom stereocenters. The Balaban J connectivity index is 3.22. The zero-order valence-corrected chi connectivity index (χ0v) is 7.85. The number of halogens is 1. The van der Waals surface area contributed by atoms with Gasteiger partial charge in [-0.25, -0.2) is 0 Å². The van der Waals surface area contributed by atoms with E-state index in [4.69, 9.17) is 0 Å². The van der Waals surface area contributed by atoms with E-state index >= 15 is 0 Å². The third-order valence-electron chi connectivity index (χ3n) is 1.26. The van der Waals surface area contributed by atoms with E-state index in [0.29, 0.717) is 6.42 Å². The van der Waals surface area contributed by atoms with Crippen molar-refractivity contribution in [3.8, 4) is 0 Å². The lowest BCUT2D eigenvalue weighted by Crippen LogP contribution is -2.12. The van der Waals surface area contributed by atoms with Crippen LogP contribution in [-0.4, -0.2) is 9.83 Å². The van der Waals surface area contributed by atoms with Crippen molar-refractivity contribution in [3.05, 3.63) is 7.05 Å². The van der Waals surface area contributed by atoms with Crippen LogP contribution in [0.4, 0.5) is 0 Å². The molecule has 0 heterocycles. The van der Waals surface area contributed by atoms with Crippen molar-refractivity contribution in [1.29, 1.82) is 0 Å². The van der Waals surface area contributed by atoms with E-state index in [2.05, 4.69) is 30.1 Å². The molecule has 1 amide bonds. The van der Waals surface area contributed by atoms with Crippen molar-refractivity contribution in [2.24, 2.45) is 0 Å². The van der Waals surface area contributed by atoms with Crippen LogP contribution in [0.2, 0.25) is 0 Å². The van der Waals surface area contributed by atoms with Crippen molar-refractivity contribution in [2.45, 2.75) is 32.6 Å². The number of hydrogen-bond acceptors (Lipinski definition) is 1. The normalized spacial score (nSPS) is 9.50. The van der Waals surface area contributed by atoms with Crippen molar-refractivity contribution in [2.75, 3.05) is 0 Å². The molecule has 1 radical (unpaired) electrons. The van der Waals surface area contributed by atoms with Crippen molar-refractivity contribution >= 4 is 22.1 Å². The summed E-state index contributed by atoms with van der Waals surface area (Å²) in [5.74, 6) is 0.0495. The second kappa shape index (κ2) is 5.71. The van der Waals surface area contributed by atoms with Crippen LogP contribution >= 0.6 is 16.1 Å². The molecule has 0 atom stereocenters. The highest BCUT2D eigenvalue weighted by Crippen LogP contribution is 2.04. The fraction of sp³-hybridized carbons (Fsp3) is 0.714. The molecule has 59 valence electrons. The van der Waals surface area contributed by atoms with Gasteiger partial charge in [-0.1, -0.05) is 19.8 Å². The van der Waals surface area contributed by atoms with Gasteiger partial charge < -0.3 is 0 Å². The van der Waals surface area contributed by atoms with Gasteiger partial charge in [-0.3, -0.25) is 8.72 Å². The Kier molecular flexibility index (Phi) is 5.69. The molecule has 0 aromatic rings. The van der Waals surface area contributed by atoms with Crippen LogP contribution < -0.4 is 0 Å². The Bertz CT molecular complexity index is 104. The van der Waals surface area contributed by atoms with Gasteiger partial charge in [0.1, 0.15) is 0 Å². The average molecular weight is 207 g/mol. The van der Waals surface area contributed by atoms with Gasteiger partial charge in [0.25, 0.3) is 0 Å². The molecule has 0 aliphatic heterocycles. The van der Waals surface area contributed by atoms with Gasteiger partial charge >= 0.3 is 0 Å². The molecular formula is C7H13BrNO. The molecule has 10 heavy (non-hydrogen) atoms. The summed E-state index contributed by atoms with van der Waals surface area (Å²) >= 11 is 2.96. The van der Waals surface area contributed by atoms with Crippen LogP contribution in [0.15, 0.2) is 0 Å². The molecule has 0 spiro atoms. The van der Waals surface area contributed by atoms with E-state index in [1.165, 1.54) is 3.93 Å². The highest BCUT2D eigenvalue weighted by Gasteiger charge is 2.03. The van der Waals surface area contributed by atoms with Gasteiger partial charge in [0, 0.05) is 6.42 Å². The van der Waals surface area contributed by atoms with Crippen LogP contribution in [0.5, 0.6) is 0 Å². The molecule has 0 fully saturated rings. The van der Waals surface area contributed by atoms with Crippen molar-refractivity contribution in [1.82, 2.24) is 3.93 Å². The van der Waals surface area contributed by atoms with Gasteiger partial charge in [0.2, 0.25) is 5.91 Å². The third kappa shape index (κ3) is 4.79. The van der Waals surface area contributed by atoms with Crippen LogP contribution in [-0.2, 0) is 4.79 Å². The second-order valence-corrected chi connectivity index (χ2v) is 3.07. The lowest BCUT2D eigenvalue weighted by atomic mass is 10.2. The molecule has 0 aromatic carbocycles. The minimum atomic E-state index is 0.0495. The fourth-order valence-corrected chi connectivity index (χ4v) is 0.825. The third-order valence-corrected chi connectivity index (χ3v) is 1.66. The molecule has 0 aliphatic rings. The first-order valence-corrected chi connectivity index (χ1v) is 4.18. The Labute approximate surface area is 70.9 Å². The standard InChI is InChI=1S/C7H13BrNO/c1-3-4-5-6-7(10)9(2)8/h2-6H2,1H3. The number of carbonyl (C=O) groups is 1.